The Kier molecular flexibility index (Phi) is 8.57. The van der Waals surface area contributed by atoms with Crippen LogP contribution in [0.5, 0.6) is 0 Å². The molecule has 0 amide bonds. The Morgan fingerprint density at radius 2 is 1.00 bits per heavy atom. The van der Waals surface area contributed by atoms with Gasteiger partial charge in [-0.3, -0.25) is 4.79 Å². The van der Waals surface area contributed by atoms with Crippen LogP contribution in [0.4, 0.5) is 0 Å². The number of aryl methyl sites for hydroxylation is 3. The van der Waals surface area contributed by atoms with Gasteiger partial charge in [-0.05, 0) is 87.1 Å². The van der Waals surface area contributed by atoms with Crippen molar-refractivity contribution in [2.45, 2.75) is 72.2 Å². The van der Waals surface area contributed by atoms with Crippen LogP contribution in [0.15, 0.2) is 107 Å². The molecule has 6 rings (SSSR count). The SMILES string of the molecule is Cc1ccc([C@@H]2CC(=O)[C@@H]3CC(S(=O)(=O)c4ccc(C)cc4)[C@H](c4ccc(Cl)cc4)C[C@@H]3C2S(=O)(=O)c2ccc(C)cc2)cc1. The number of sulfone groups is 2. The predicted molar refractivity (Wildman–Crippen MR) is 178 cm³/mol. The molecule has 0 saturated heterocycles. The van der Waals surface area contributed by atoms with E-state index < -0.39 is 53.8 Å². The lowest BCUT2D eigenvalue weighted by atomic mass is 9.61. The molecule has 2 aliphatic carbocycles. The van der Waals surface area contributed by atoms with Crippen LogP contribution >= 0.6 is 11.6 Å². The summed E-state index contributed by atoms with van der Waals surface area (Å²) in [5.41, 5.74) is 4.52. The van der Waals surface area contributed by atoms with Crippen molar-refractivity contribution < 1.29 is 21.6 Å². The molecule has 0 aliphatic heterocycles. The van der Waals surface area contributed by atoms with Gasteiger partial charge in [-0.25, -0.2) is 16.8 Å². The highest BCUT2D eigenvalue weighted by Crippen LogP contribution is 2.54. The number of hydrogen-bond donors (Lipinski definition) is 0. The van der Waals surface area contributed by atoms with E-state index in [2.05, 4.69) is 0 Å². The largest absolute Gasteiger partial charge is 0.299 e. The van der Waals surface area contributed by atoms with Crippen molar-refractivity contribution in [2.24, 2.45) is 11.8 Å². The minimum Gasteiger partial charge on any atom is -0.299 e. The highest BCUT2D eigenvalue weighted by atomic mass is 35.5. The van der Waals surface area contributed by atoms with E-state index in [0.29, 0.717) is 5.02 Å². The molecule has 0 aromatic heterocycles. The van der Waals surface area contributed by atoms with Crippen LogP contribution in [0, 0.1) is 32.6 Å². The maximum atomic E-state index is 14.7. The summed E-state index contributed by atoms with van der Waals surface area (Å²) in [7, 11) is -7.80. The van der Waals surface area contributed by atoms with Gasteiger partial charge in [-0.1, -0.05) is 89.0 Å². The lowest BCUT2D eigenvalue weighted by Gasteiger charge is -2.48. The summed E-state index contributed by atoms with van der Waals surface area (Å²) in [6.45, 7) is 5.78. The third-order valence-electron chi connectivity index (χ3n) is 9.89. The second kappa shape index (κ2) is 12.2. The highest BCUT2D eigenvalue weighted by molar-refractivity contribution is 7.92. The Labute approximate surface area is 271 Å². The Balaban J connectivity index is 1.51. The third kappa shape index (κ3) is 6.02. The fraction of sp³-hybridized carbons (Fsp3) is 0.324. The van der Waals surface area contributed by atoms with Gasteiger partial charge in [0.05, 0.1) is 20.3 Å². The summed E-state index contributed by atoms with van der Waals surface area (Å²) in [4.78, 5) is 14.5. The lowest BCUT2D eigenvalue weighted by molar-refractivity contribution is -0.128. The van der Waals surface area contributed by atoms with Gasteiger partial charge in [-0.2, -0.15) is 0 Å². The van der Waals surface area contributed by atoms with Gasteiger partial charge in [0.2, 0.25) is 0 Å². The molecule has 8 heteroatoms. The van der Waals surface area contributed by atoms with Crippen molar-refractivity contribution in [2.75, 3.05) is 0 Å². The molecule has 4 aromatic rings. The summed E-state index contributed by atoms with van der Waals surface area (Å²) in [5.74, 6) is -2.43. The highest BCUT2D eigenvalue weighted by Gasteiger charge is 2.56. The normalized spacial score (nSPS) is 25.5. The standard InChI is InChI=1S/C37H37ClO5S2/c1-23-4-10-27(11-5-23)32-21-35(39)33-22-36(44(40,41)29-16-6-24(2)7-17-29)31(26-12-14-28(38)15-13-26)20-34(33)37(32)45(42,43)30-18-8-25(3)9-19-30/h4-19,31-34,36-37H,20-22H2,1-3H3/t31-,32-,33+,34-,36?,37?/m0/s1. The summed E-state index contributed by atoms with van der Waals surface area (Å²) in [6.07, 6.45) is 0.350. The van der Waals surface area contributed by atoms with Gasteiger partial charge in [0.25, 0.3) is 0 Å². The summed E-state index contributed by atoms with van der Waals surface area (Å²) < 4.78 is 58.0. The van der Waals surface area contributed by atoms with Crippen molar-refractivity contribution >= 4 is 37.1 Å². The van der Waals surface area contributed by atoms with Crippen molar-refractivity contribution in [3.8, 4) is 0 Å². The monoisotopic (exact) mass is 660 g/mol. The Bertz CT molecular complexity index is 1920. The minimum absolute atomic E-state index is 0.0445. The van der Waals surface area contributed by atoms with Crippen LogP contribution in [0.1, 0.15) is 58.9 Å². The number of carbonyl (C=O) groups is 1. The number of halogens is 1. The number of benzene rings is 4. The molecule has 0 N–H and O–H groups in total. The molecule has 2 unspecified atom stereocenters. The Morgan fingerprint density at radius 3 is 1.53 bits per heavy atom. The molecular weight excluding hydrogens is 624 g/mol. The first-order valence-corrected chi connectivity index (χ1v) is 18.8. The zero-order valence-electron chi connectivity index (χ0n) is 25.6. The second-order valence-corrected chi connectivity index (χ2v) is 17.5. The predicted octanol–water partition coefficient (Wildman–Crippen LogP) is 7.82. The smallest absolute Gasteiger partial charge is 0.182 e. The summed E-state index contributed by atoms with van der Waals surface area (Å²) >= 11 is 6.24. The molecule has 0 heterocycles. The number of Topliss-reactive ketones (excluding diaryl/α,β-unsaturated/α-hetero) is 1. The Morgan fingerprint density at radius 1 is 0.556 bits per heavy atom. The van der Waals surface area contributed by atoms with Gasteiger partial charge < -0.3 is 0 Å². The van der Waals surface area contributed by atoms with E-state index in [1.54, 1.807) is 60.7 Å². The molecule has 0 bridgehead atoms. The van der Waals surface area contributed by atoms with E-state index >= 15 is 0 Å². The molecule has 234 valence electrons. The molecule has 5 nitrogen and oxygen atoms in total. The number of hydrogen-bond acceptors (Lipinski definition) is 5. The van der Waals surface area contributed by atoms with Gasteiger partial charge in [0, 0.05) is 29.2 Å². The van der Waals surface area contributed by atoms with Crippen LogP contribution in [-0.2, 0) is 24.5 Å². The maximum Gasteiger partial charge on any atom is 0.182 e. The zero-order valence-corrected chi connectivity index (χ0v) is 27.9. The molecule has 0 radical (unpaired) electrons. The molecule has 4 aromatic carbocycles. The first-order valence-electron chi connectivity index (χ1n) is 15.3. The van der Waals surface area contributed by atoms with Crippen LogP contribution < -0.4 is 0 Å². The first-order chi connectivity index (χ1) is 21.4. The third-order valence-corrected chi connectivity index (χ3v) is 14.7. The topological polar surface area (TPSA) is 85.3 Å². The fourth-order valence-corrected chi connectivity index (χ4v) is 11.9. The van der Waals surface area contributed by atoms with Crippen LogP contribution in [-0.4, -0.2) is 33.1 Å². The van der Waals surface area contributed by atoms with E-state index in [1.807, 2.05) is 57.2 Å². The zero-order chi connectivity index (χ0) is 32.1. The minimum atomic E-state index is -3.93. The molecule has 45 heavy (non-hydrogen) atoms. The molecule has 2 fully saturated rings. The number of fused-ring (bicyclic) bond motifs is 1. The van der Waals surface area contributed by atoms with E-state index in [1.165, 1.54) is 0 Å². The molecule has 2 aliphatic rings. The van der Waals surface area contributed by atoms with Gasteiger partial charge in [0.1, 0.15) is 5.78 Å². The van der Waals surface area contributed by atoms with Crippen molar-refractivity contribution in [1.29, 1.82) is 0 Å². The molecule has 2 saturated carbocycles. The summed E-state index contributed by atoms with van der Waals surface area (Å²) in [6, 6.07) is 28.5. The Hall–Kier alpha value is -3.26. The van der Waals surface area contributed by atoms with E-state index in [0.717, 1.165) is 27.8 Å². The maximum absolute atomic E-state index is 14.7. The quantitative estimate of drug-likeness (QED) is 0.211. The van der Waals surface area contributed by atoms with Crippen LogP contribution in [0.2, 0.25) is 5.02 Å². The van der Waals surface area contributed by atoms with Gasteiger partial charge >= 0.3 is 0 Å². The van der Waals surface area contributed by atoms with E-state index in [9.17, 15) is 21.6 Å². The van der Waals surface area contributed by atoms with Crippen molar-refractivity contribution in [3.05, 3.63) is 130 Å². The van der Waals surface area contributed by atoms with Gasteiger partial charge in [-0.15, -0.1) is 0 Å². The van der Waals surface area contributed by atoms with E-state index in [-0.39, 0.29) is 34.8 Å². The van der Waals surface area contributed by atoms with E-state index in [4.69, 9.17) is 11.6 Å². The molecule has 0 spiro atoms. The fourth-order valence-electron chi connectivity index (χ4n) is 7.47. The van der Waals surface area contributed by atoms with Crippen molar-refractivity contribution in [3.63, 3.8) is 0 Å². The average Bonchev–Trinajstić information content (AvgIpc) is 3.01. The summed E-state index contributed by atoms with van der Waals surface area (Å²) in [5, 5.41) is -1.27. The molecular formula is C37H37ClO5S2. The van der Waals surface area contributed by atoms with Gasteiger partial charge in [0.15, 0.2) is 19.7 Å². The number of carbonyl (C=O) groups excluding carboxylic acids is 1. The molecule has 6 atom stereocenters. The van der Waals surface area contributed by atoms with Crippen LogP contribution in [0.25, 0.3) is 0 Å². The number of rotatable bonds is 6. The first kappa shape index (κ1) is 31.7. The average molecular weight is 661 g/mol. The van der Waals surface area contributed by atoms with Crippen LogP contribution in [0.3, 0.4) is 0 Å². The number of ketones is 1. The second-order valence-electron chi connectivity index (χ2n) is 12.8. The lowest BCUT2D eigenvalue weighted by Crippen LogP contribution is -2.53. The van der Waals surface area contributed by atoms with Crippen molar-refractivity contribution in [1.82, 2.24) is 0 Å².